The first-order valence-corrected chi connectivity index (χ1v) is 18.5. The molecule has 1 unspecified atom stereocenters. The lowest BCUT2D eigenvalue weighted by Gasteiger charge is -2.30. The average molecular weight is 693 g/mol. The minimum atomic E-state index is -0.0225. The van der Waals surface area contributed by atoms with Crippen LogP contribution < -0.4 is 5.32 Å². The smallest absolute Gasteiger partial charge is 0.289 e. The Bertz CT molecular complexity index is 3070. The van der Waals surface area contributed by atoms with Gasteiger partial charge in [-0.05, 0) is 70.8 Å². The van der Waals surface area contributed by atoms with Gasteiger partial charge in [-0.2, -0.15) is 4.58 Å². The van der Waals surface area contributed by atoms with Crippen LogP contribution in [0.15, 0.2) is 199 Å². The third kappa shape index (κ3) is 4.88. The first-order valence-electron chi connectivity index (χ1n) is 18.5. The van der Waals surface area contributed by atoms with Crippen LogP contribution in [0.1, 0.15) is 17.3 Å². The van der Waals surface area contributed by atoms with E-state index in [-0.39, 0.29) is 6.17 Å². The molecule has 1 atom stereocenters. The summed E-state index contributed by atoms with van der Waals surface area (Å²) in [5.74, 6) is 1.06. The van der Waals surface area contributed by atoms with E-state index >= 15 is 0 Å². The summed E-state index contributed by atoms with van der Waals surface area (Å²) in [6.07, 6.45) is -0.0225. The van der Waals surface area contributed by atoms with Crippen LogP contribution in [0.25, 0.3) is 71.7 Å². The quantitative estimate of drug-likeness (QED) is 0.176. The Morgan fingerprint density at radius 3 is 1.87 bits per heavy atom. The van der Waals surface area contributed by atoms with Gasteiger partial charge in [-0.3, -0.25) is 0 Å². The maximum absolute atomic E-state index is 6.45. The summed E-state index contributed by atoms with van der Waals surface area (Å²) in [5.41, 5.74) is 13.3. The van der Waals surface area contributed by atoms with Crippen LogP contribution in [-0.2, 0) is 0 Å². The van der Waals surface area contributed by atoms with Crippen molar-refractivity contribution in [1.29, 1.82) is 0 Å². The molecule has 0 fully saturated rings. The predicted octanol–water partition coefficient (Wildman–Crippen LogP) is 12.4. The van der Waals surface area contributed by atoms with Gasteiger partial charge in [-0.15, -0.1) is 0 Å². The molecule has 3 heterocycles. The summed E-state index contributed by atoms with van der Waals surface area (Å²) >= 11 is 0. The highest BCUT2D eigenvalue weighted by atomic mass is 16.3. The van der Waals surface area contributed by atoms with E-state index in [9.17, 15) is 0 Å². The van der Waals surface area contributed by atoms with Gasteiger partial charge >= 0.3 is 0 Å². The highest BCUT2D eigenvalue weighted by molar-refractivity contribution is 6.17. The van der Waals surface area contributed by atoms with Crippen molar-refractivity contribution in [2.45, 2.75) is 6.17 Å². The largest absolute Gasteiger partial charge is 0.456 e. The van der Waals surface area contributed by atoms with Gasteiger partial charge in [0.2, 0.25) is 0 Å². The molecule has 1 N–H and O–H groups in total. The molecule has 0 bridgehead atoms. The van der Waals surface area contributed by atoms with Gasteiger partial charge < -0.3 is 8.98 Å². The molecule has 0 amide bonds. The zero-order valence-corrected chi connectivity index (χ0v) is 29.4. The van der Waals surface area contributed by atoms with Crippen molar-refractivity contribution in [2.75, 3.05) is 0 Å². The molecule has 0 saturated heterocycles. The van der Waals surface area contributed by atoms with Crippen molar-refractivity contribution in [3.05, 3.63) is 205 Å². The molecule has 0 saturated carbocycles. The molecule has 2 aromatic heterocycles. The second-order valence-electron chi connectivity index (χ2n) is 14.0. The molecule has 254 valence electrons. The van der Waals surface area contributed by atoms with Crippen molar-refractivity contribution in [3.8, 4) is 27.9 Å². The Balaban J connectivity index is 1.17. The minimum absolute atomic E-state index is 0.0225. The lowest BCUT2D eigenvalue weighted by atomic mass is 9.98. The number of benzene rings is 8. The molecule has 4 nitrogen and oxygen atoms in total. The van der Waals surface area contributed by atoms with Gasteiger partial charge in [0.05, 0.1) is 16.6 Å². The van der Waals surface area contributed by atoms with Crippen molar-refractivity contribution in [1.82, 2.24) is 9.88 Å². The Kier molecular flexibility index (Phi) is 6.89. The number of nitrogens with zero attached hydrogens (tertiary/aromatic N) is 2. The first-order chi connectivity index (χ1) is 26.8. The standard InChI is InChI=1S/C50H33N3O/c1-4-15-33(16-5-1)36-21-14-22-39(28-36)53-49(35-19-8-3-9-20-35)51-50(53)38-27-37(34-17-6-2-7-18-34)29-40(30-38)52-45-25-12-10-23-41(45)43-31-44-42-24-11-13-26-47(42)54-48(44)32-46(43)52/h1-32,49H/p+1. The lowest BCUT2D eigenvalue weighted by molar-refractivity contribution is -0.531. The van der Waals surface area contributed by atoms with Crippen molar-refractivity contribution in [3.63, 3.8) is 0 Å². The molecular formula is C50H34N3O+. The van der Waals surface area contributed by atoms with Crippen LogP contribution in [0.2, 0.25) is 0 Å². The summed E-state index contributed by atoms with van der Waals surface area (Å²) in [6.45, 7) is 0. The van der Waals surface area contributed by atoms with Gasteiger partial charge in [-0.1, -0.05) is 140 Å². The van der Waals surface area contributed by atoms with Crippen LogP contribution in [0.3, 0.4) is 0 Å². The molecule has 10 aromatic rings. The zero-order chi connectivity index (χ0) is 35.6. The van der Waals surface area contributed by atoms with E-state index in [0.29, 0.717) is 0 Å². The topological polar surface area (TPSA) is 33.1 Å². The maximum Gasteiger partial charge on any atom is 0.289 e. The fraction of sp³-hybridized carbons (Fsp3) is 0.0200. The van der Waals surface area contributed by atoms with Crippen LogP contribution in [0.5, 0.6) is 0 Å². The second kappa shape index (κ2) is 12.2. The van der Waals surface area contributed by atoms with E-state index in [2.05, 4.69) is 203 Å². The minimum Gasteiger partial charge on any atom is -0.456 e. The van der Waals surface area contributed by atoms with Crippen LogP contribution in [0, 0.1) is 0 Å². The Morgan fingerprint density at radius 2 is 1.07 bits per heavy atom. The number of nitrogens with one attached hydrogen (secondary N) is 1. The fourth-order valence-electron chi connectivity index (χ4n) is 8.30. The van der Waals surface area contributed by atoms with Crippen LogP contribution in [-0.4, -0.2) is 15.0 Å². The molecule has 4 heteroatoms. The van der Waals surface area contributed by atoms with Gasteiger partial charge in [-0.25, -0.2) is 5.32 Å². The normalized spacial score (nSPS) is 14.2. The number of furan rings is 1. The monoisotopic (exact) mass is 692 g/mol. The Morgan fingerprint density at radius 1 is 0.426 bits per heavy atom. The Labute approximate surface area is 312 Å². The highest BCUT2D eigenvalue weighted by Crippen LogP contribution is 2.40. The second-order valence-corrected chi connectivity index (χ2v) is 14.0. The third-order valence-electron chi connectivity index (χ3n) is 10.8. The lowest BCUT2D eigenvalue weighted by Crippen LogP contribution is -2.51. The third-order valence-corrected chi connectivity index (χ3v) is 10.8. The first kappa shape index (κ1) is 30.5. The summed E-state index contributed by atoms with van der Waals surface area (Å²) in [6, 6.07) is 69.4. The number of fused-ring (bicyclic) bond motifs is 6. The number of rotatable bonds is 6. The number of hydrogen-bond donors (Lipinski definition) is 1. The number of hydrogen-bond acceptors (Lipinski definition) is 2. The van der Waals surface area contributed by atoms with Gasteiger partial charge in [0.15, 0.2) is 0 Å². The van der Waals surface area contributed by atoms with E-state index < -0.39 is 0 Å². The van der Waals surface area contributed by atoms with Gasteiger partial charge in [0.1, 0.15) is 16.9 Å². The Hall–Kier alpha value is -7.17. The molecule has 0 radical (unpaired) electrons. The molecular weight excluding hydrogens is 659 g/mol. The van der Waals surface area contributed by atoms with Crippen molar-refractivity contribution >= 4 is 55.3 Å². The fourth-order valence-corrected chi connectivity index (χ4v) is 8.30. The SMILES string of the molecule is c1ccc(-c2cc(C3=[N+](c4cccc(-c5ccccc5)c4)C(c4ccccc4)N3)cc(-n3c4ccccc4c4cc5c(cc43)oc3ccccc35)c2)cc1. The van der Waals surface area contributed by atoms with E-state index in [1.54, 1.807) is 0 Å². The molecule has 0 aliphatic carbocycles. The summed E-state index contributed by atoms with van der Waals surface area (Å²) in [5, 5.41) is 8.59. The molecule has 0 spiro atoms. The summed E-state index contributed by atoms with van der Waals surface area (Å²) in [4.78, 5) is 0. The molecule has 11 rings (SSSR count). The van der Waals surface area contributed by atoms with Gasteiger partial charge in [0.25, 0.3) is 12.0 Å². The van der Waals surface area contributed by atoms with E-state index in [1.165, 1.54) is 27.5 Å². The molecule has 54 heavy (non-hydrogen) atoms. The predicted molar refractivity (Wildman–Crippen MR) is 222 cm³/mol. The maximum atomic E-state index is 6.45. The molecule has 8 aromatic carbocycles. The highest BCUT2D eigenvalue weighted by Gasteiger charge is 2.41. The van der Waals surface area contributed by atoms with Gasteiger partial charge in [0, 0.05) is 38.9 Å². The van der Waals surface area contributed by atoms with E-state index in [1.807, 2.05) is 6.07 Å². The van der Waals surface area contributed by atoms with Crippen molar-refractivity contribution < 1.29 is 8.99 Å². The molecule has 1 aliphatic heterocycles. The molecule has 1 aliphatic rings. The number of para-hydroxylation sites is 2. The number of amidine groups is 1. The number of aromatic nitrogens is 1. The van der Waals surface area contributed by atoms with Crippen LogP contribution in [0.4, 0.5) is 5.69 Å². The zero-order valence-electron chi connectivity index (χ0n) is 29.4. The summed E-state index contributed by atoms with van der Waals surface area (Å²) < 4.78 is 11.3. The average Bonchev–Trinajstić information content (AvgIpc) is 3.75. The van der Waals surface area contributed by atoms with Crippen molar-refractivity contribution in [2.24, 2.45) is 0 Å². The summed E-state index contributed by atoms with van der Waals surface area (Å²) in [7, 11) is 0. The van der Waals surface area contributed by atoms with E-state index in [4.69, 9.17) is 4.42 Å². The van der Waals surface area contributed by atoms with E-state index in [0.717, 1.165) is 66.9 Å². The van der Waals surface area contributed by atoms with Crippen LogP contribution >= 0.6 is 0 Å².